The summed E-state index contributed by atoms with van der Waals surface area (Å²) in [7, 11) is 1.15. The zero-order valence-electron chi connectivity index (χ0n) is 16.4. The molecular weight excluding hydrogens is 454 g/mol. The van der Waals surface area contributed by atoms with E-state index >= 15 is 0 Å². The van der Waals surface area contributed by atoms with Gasteiger partial charge in [0.2, 0.25) is 11.8 Å². The van der Waals surface area contributed by atoms with Gasteiger partial charge in [0.1, 0.15) is 30.5 Å². The third-order valence-corrected chi connectivity index (χ3v) is 5.70. The molecular formula is C18H22ClN3O8S. The third kappa shape index (κ3) is 6.23. The number of aromatic hydroxyl groups is 1. The molecule has 0 bridgehead atoms. The molecule has 0 unspecified atom stereocenters. The molecule has 0 aliphatic carbocycles. The molecule has 0 saturated carbocycles. The number of nitrogens with two attached hydrogens (primary N) is 1. The summed E-state index contributed by atoms with van der Waals surface area (Å²) in [5.74, 6) is -3.45. The SMILES string of the molecule is COC(=O)[C@@H]1CSCc2c(ccc(Cl)c2O)C(=O)OC[C@H](NC(=O)[C@@H](N)CO)C(=O)N1. The van der Waals surface area contributed by atoms with Gasteiger partial charge < -0.3 is 36.1 Å². The van der Waals surface area contributed by atoms with Gasteiger partial charge in [0.05, 0.1) is 24.3 Å². The fourth-order valence-corrected chi connectivity index (χ4v) is 3.83. The largest absolute Gasteiger partial charge is 0.506 e. The number of aliphatic hydroxyl groups is 1. The minimum atomic E-state index is -1.41. The van der Waals surface area contributed by atoms with Crippen molar-refractivity contribution >= 4 is 47.1 Å². The van der Waals surface area contributed by atoms with Crippen LogP contribution < -0.4 is 16.4 Å². The minimum absolute atomic E-state index is 0.0159. The van der Waals surface area contributed by atoms with E-state index in [1.54, 1.807) is 0 Å². The van der Waals surface area contributed by atoms with Crippen LogP contribution in [0.2, 0.25) is 5.02 Å². The van der Waals surface area contributed by atoms with Crippen molar-refractivity contribution in [2.75, 3.05) is 26.1 Å². The van der Waals surface area contributed by atoms with E-state index < -0.39 is 55.1 Å². The lowest BCUT2D eigenvalue weighted by Gasteiger charge is -2.24. The first kappa shape index (κ1) is 24.7. The molecule has 11 nitrogen and oxygen atoms in total. The number of phenolic OH excluding ortho intramolecular Hbond substituents is 1. The van der Waals surface area contributed by atoms with Gasteiger partial charge in [-0.2, -0.15) is 11.8 Å². The molecule has 0 fully saturated rings. The smallest absolute Gasteiger partial charge is 0.338 e. The molecule has 6 N–H and O–H groups in total. The molecule has 0 saturated heterocycles. The number of hydrogen-bond donors (Lipinski definition) is 5. The Labute approximate surface area is 186 Å². The molecule has 2 amide bonds. The first-order valence-electron chi connectivity index (χ1n) is 8.99. The highest BCUT2D eigenvalue weighted by Crippen LogP contribution is 2.33. The molecule has 1 aromatic rings. The number of benzene rings is 1. The molecule has 1 aliphatic rings. The van der Waals surface area contributed by atoms with E-state index in [9.17, 15) is 24.3 Å². The van der Waals surface area contributed by atoms with Crippen LogP contribution >= 0.6 is 23.4 Å². The average molecular weight is 476 g/mol. The maximum Gasteiger partial charge on any atom is 0.338 e. The number of methoxy groups -OCH3 is 1. The number of fused-ring (bicyclic) bond motifs is 1. The van der Waals surface area contributed by atoms with Crippen LogP contribution in [0.4, 0.5) is 0 Å². The van der Waals surface area contributed by atoms with Crippen molar-refractivity contribution in [3.63, 3.8) is 0 Å². The number of hydrogen-bond acceptors (Lipinski definition) is 10. The lowest BCUT2D eigenvalue weighted by Crippen LogP contribution is -2.57. The predicted molar refractivity (Wildman–Crippen MR) is 110 cm³/mol. The molecule has 2 rings (SSSR count). The van der Waals surface area contributed by atoms with E-state index in [2.05, 4.69) is 10.6 Å². The lowest BCUT2D eigenvalue weighted by molar-refractivity contribution is -0.144. The summed E-state index contributed by atoms with van der Waals surface area (Å²) < 4.78 is 9.86. The highest BCUT2D eigenvalue weighted by molar-refractivity contribution is 7.98. The molecule has 31 heavy (non-hydrogen) atoms. The van der Waals surface area contributed by atoms with Gasteiger partial charge in [-0.3, -0.25) is 9.59 Å². The summed E-state index contributed by atoms with van der Waals surface area (Å²) in [6, 6.07) is -1.13. The van der Waals surface area contributed by atoms with E-state index in [1.807, 2.05) is 0 Å². The van der Waals surface area contributed by atoms with Gasteiger partial charge in [-0.25, -0.2) is 9.59 Å². The first-order valence-corrected chi connectivity index (χ1v) is 10.5. The highest BCUT2D eigenvalue weighted by Gasteiger charge is 2.31. The fraction of sp³-hybridized carbons (Fsp3) is 0.444. The molecule has 0 aromatic heterocycles. The summed E-state index contributed by atoms with van der Waals surface area (Å²) in [4.78, 5) is 49.3. The number of nitrogens with one attached hydrogen (secondary N) is 2. The molecule has 1 aromatic carbocycles. The van der Waals surface area contributed by atoms with Crippen LogP contribution in [0.25, 0.3) is 0 Å². The molecule has 170 valence electrons. The van der Waals surface area contributed by atoms with Crippen molar-refractivity contribution in [3.8, 4) is 5.75 Å². The van der Waals surface area contributed by atoms with Crippen molar-refractivity contribution in [1.82, 2.24) is 10.6 Å². The number of carbonyl (C=O) groups excluding carboxylic acids is 4. The van der Waals surface area contributed by atoms with Crippen molar-refractivity contribution in [2.24, 2.45) is 5.73 Å². The van der Waals surface area contributed by atoms with Crippen LogP contribution in [-0.2, 0) is 29.6 Å². The van der Waals surface area contributed by atoms with Crippen LogP contribution in [0.15, 0.2) is 12.1 Å². The molecule has 1 aliphatic heterocycles. The monoisotopic (exact) mass is 475 g/mol. The van der Waals surface area contributed by atoms with Crippen LogP contribution in [0.3, 0.4) is 0 Å². The quantitative estimate of drug-likeness (QED) is 0.336. The standard InChI is InChI=1S/C18H22ClN3O8S/c1-29-18(28)13-7-31-6-9-8(2-3-10(19)14(9)24)17(27)30-5-12(16(26)22-13)21-15(25)11(20)4-23/h2-3,11-13,23-24H,4-7,20H2,1H3,(H,21,25)(H,22,26)/t11-,12-,13-/m0/s1. The molecule has 13 heteroatoms. The Morgan fingerprint density at radius 2 is 2.16 bits per heavy atom. The van der Waals surface area contributed by atoms with E-state index in [0.717, 1.165) is 18.9 Å². The number of esters is 2. The number of aliphatic hydroxyl groups excluding tert-OH is 1. The number of halogens is 1. The number of rotatable bonds is 4. The predicted octanol–water partition coefficient (Wildman–Crippen LogP) is -1.09. The number of carbonyl (C=O) groups is 4. The van der Waals surface area contributed by atoms with Gasteiger partial charge >= 0.3 is 11.9 Å². The van der Waals surface area contributed by atoms with Gasteiger partial charge in [-0.1, -0.05) is 11.6 Å². The van der Waals surface area contributed by atoms with Crippen molar-refractivity contribution in [1.29, 1.82) is 0 Å². The van der Waals surface area contributed by atoms with Gasteiger partial charge in [-0.15, -0.1) is 0 Å². The van der Waals surface area contributed by atoms with E-state index in [1.165, 1.54) is 12.1 Å². The Kier molecular flexibility index (Phi) is 8.92. The van der Waals surface area contributed by atoms with Crippen molar-refractivity contribution in [3.05, 3.63) is 28.3 Å². The Morgan fingerprint density at radius 3 is 2.81 bits per heavy atom. The number of thioether (sulfide) groups is 1. The van der Waals surface area contributed by atoms with Crippen LogP contribution in [-0.4, -0.2) is 78.2 Å². The summed E-state index contributed by atoms with van der Waals surface area (Å²) in [6.07, 6.45) is 0. The number of ether oxygens (including phenoxy) is 2. The zero-order chi connectivity index (χ0) is 23.1. The lowest BCUT2D eigenvalue weighted by atomic mass is 10.1. The summed E-state index contributed by atoms with van der Waals surface area (Å²) in [5, 5.41) is 24.0. The second kappa shape index (κ2) is 11.2. The Balaban J connectivity index is 2.38. The number of cyclic esters (lactones) is 1. The average Bonchev–Trinajstić information content (AvgIpc) is 2.76. The molecule has 0 spiro atoms. The van der Waals surface area contributed by atoms with Gasteiger partial charge in [0.25, 0.3) is 0 Å². The van der Waals surface area contributed by atoms with E-state index in [0.29, 0.717) is 0 Å². The minimum Gasteiger partial charge on any atom is -0.506 e. The Morgan fingerprint density at radius 1 is 1.45 bits per heavy atom. The van der Waals surface area contributed by atoms with Crippen LogP contribution in [0.1, 0.15) is 15.9 Å². The van der Waals surface area contributed by atoms with Crippen LogP contribution in [0, 0.1) is 0 Å². The summed E-state index contributed by atoms with van der Waals surface area (Å²) in [5.41, 5.74) is 5.66. The second-order valence-corrected chi connectivity index (χ2v) is 7.91. The zero-order valence-corrected chi connectivity index (χ0v) is 18.0. The van der Waals surface area contributed by atoms with Crippen molar-refractivity contribution in [2.45, 2.75) is 23.9 Å². The maximum absolute atomic E-state index is 12.7. The second-order valence-electron chi connectivity index (χ2n) is 6.47. The van der Waals surface area contributed by atoms with E-state index in [4.69, 9.17) is 31.9 Å². The van der Waals surface area contributed by atoms with Gasteiger partial charge in [0.15, 0.2) is 0 Å². The first-order chi connectivity index (χ1) is 14.7. The Hall–Kier alpha value is -2.54. The van der Waals surface area contributed by atoms with Crippen molar-refractivity contribution < 1.29 is 38.9 Å². The van der Waals surface area contributed by atoms with E-state index in [-0.39, 0.29) is 33.4 Å². The molecule has 1 heterocycles. The molecule has 3 atom stereocenters. The summed E-state index contributed by atoms with van der Waals surface area (Å²) in [6.45, 7) is -1.27. The summed E-state index contributed by atoms with van der Waals surface area (Å²) >= 11 is 7.07. The Bertz CT molecular complexity index is 868. The number of amides is 2. The van der Waals surface area contributed by atoms with Gasteiger partial charge in [-0.05, 0) is 12.1 Å². The highest BCUT2D eigenvalue weighted by atomic mass is 35.5. The van der Waals surface area contributed by atoms with Crippen LogP contribution in [0.5, 0.6) is 5.75 Å². The van der Waals surface area contributed by atoms with Gasteiger partial charge in [0, 0.05) is 17.1 Å². The third-order valence-electron chi connectivity index (χ3n) is 4.33. The maximum atomic E-state index is 12.7. The number of phenols is 1. The normalized spacial score (nSPS) is 20.8. The fourth-order valence-electron chi connectivity index (χ4n) is 2.59. The topological polar surface area (TPSA) is 177 Å². The molecule has 0 radical (unpaired) electrons.